The van der Waals surface area contributed by atoms with E-state index in [0.29, 0.717) is 12.1 Å². The van der Waals surface area contributed by atoms with E-state index in [1.165, 1.54) is 22.3 Å². The molecular weight excluding hydrogens is 524 g/mol. The molecule has 6 heteroatoms. The maximum atomic E-state index is 13.1. The Morgan fingerprint density at radius 2 is 1.50 bits per heavy atom. The molecule has 0 spiro atoms. The lowest BCUT2D eigenvalue weighted by atomic mass is 9.65. The molecule has 1 unspecified atom stereocenters. The van der Waals surface area contributed by atoms with Crippen LogP contribution in [0.25, 0.3) is 11.1 Å². The molecule has 1 N–H and O–H groups in total. The van der Waals surface area contributed by atoms with Crippen LogP contribution in [0.4, 0.5) is 16.2 Å². The Labute approximate surface area is 247 Å². The summed E-state index contributed by atoms with van der Waals surface area (Å²) < 4.78 is 11.2. The highest BCUT2D eigenvalue weighted by Gasteiger charge is 2.47. The highest BCUT2D eigenvalue weighted by Crippen LogP contribution is 2.51. The number of nitrogens with one attached hydrogen (secondary N) is 1. The van der Waals surface area contributed by atoms with E-state index in [2.05, 4.69) is 62.5 Å². The van der Waals surface area contributed by atoms with Crippen LogP contribution in [0.15, 0.2) is 91.0 Å². The molecule has 6 nitrogen and oxygen atoms in total. The highest BCUT2D eigenvalue weighted by molar-refractivity contribution is 5.96. The lowest BCUT2D eigenvalue weighted by Gasteiger charge is -2.51. The zero-order chi connectivity index (χ0) is 29.6. The lowest BCUT2D eigenvalue weighted by Crippen LogP contribution is -2.55. The summed E-state index contributed by atoms with van der Waals surface area (Å²) in [6.45, 7) is 8.24. The first-order valence-electron chi connectivity index (χ1n) is 14.3. The van der Waals surface area contributed by atoms with Crippen molar-refractivity contribution in [3.63, 3.8) is 0 Å². The number of amides is 2. The van der Waals surface area contributed by atoms with Gasteiger partial charge in [-0.3, -0.25) is 10.1 Å². The first-order valence-corrected chi connectivity index (χ1v) is 14.3. The number of carbonyl (C=O) groups excluding carboxylic acids is 2. The van der Waals surface area contributed by atoms with Crippen molar-refractivity contribution in [2.75, 3.05) is 23.9 Å². The second-order valence-corrected chi connectivity index (χ2v) is 12.1. The number of nitrogens with zero attached hydrogens (tertiary/aromatic N) is 1. The molecule has 0 radical (unpaired) electrons. The summed E-state index contributed by atoms with van der Waals surface area (Å²) in [5, 5.41) is 2.95. The first-order chi connectivity index (χ1) is 20.1. The van der Waals surface area contributed by atoms with Gasteiger partial charge in [0.2, 0.25) is 5.91 Å². The van der Waals surface area contributed by atoms with Crippen LogP contribution in [-0.4, -0.2) is 31.3 Å². The maximum Gasteiger partial charge on any atom is 0.411 e. The largest absolute Gasteiger partial charge is 0.497 e. The highest BCUT2D eigenvalue weighted by atomic mass is 16.5. The number of anilines is 2. The Balaban J connectivity index is 1.28. The summed E-state index contributed by atoms with van der Waals surface area (Å²) in [6.07, 6.45) is 0.190. The zero-order valence-electron chi connectivity index (χ0n) is 24.7. The summed E-state index contributed by atoms with van der Waals surface area (Å²) in [4.78, 5) is 27.9. The van der Waals surface area contributed by atoms with E-state index in [1.54, 1.807) is 14.0 Å². The van der Waals surface area contributed by atoms with Crippen LogP contribution >= 0.6 is 0 Å². The van der Waals surface area contributed by atoms with Gasteiger partial charge in [0.25, 0.3) is 0 Å². The average Bonchev–Trinajstić information content (AvgIpc) is 3.29. The van der Waals surface area contributed by atoms with Crippen molar-refractivity contribution in [2.45, 2.75) is 51.0 Å². The Hall–Kier alpha value is -4.58. The van der Waals surface area contributed by atoms with E-state index in [-0.39, 0.29) is 18.4 Å². The minimum Gasteiger partial charge on any atom is -0.497 e. The molecule has 0 fully saturated rings. The number of rotatable bonds is 5. The standard InChI is InChI=1S/C36H36N2O4/c1-23(39)38-33-19-16-25(20-32(33)36(4,22-35(38,2)3)24-14-17-26(41-5)18-15-24)37-34(40)42-21-31-29-12-8-6-10-27(29)28-11-7-9-13-30(28)31/h6-20,31H,21-22H2,1-5H3,(H,37,40). The molecule has 2 amide bonds. The molecule has 0 aromatic heterocycles. The van der Waals surface area contributed by atoms with E-state index < -0.39 is 17.0 Å². The molecule has 42 heavy (non-hydrogen) atoms. The van der Waals surface area contributed by atoms with Gasteiger partial charge in [-0.15, -0.1) is 0 Å². The third kappa shape index (κ3) is 4.61. The zero-order valence-corrected chi connectivity index (χ0v) is 24.7. The fraction of sp³-hybridized carbons (Fsp3) is 0.278. The SMILES string of the molecule is COc1ccc(C2(C)CC(C)(C)N(C(C)=O)c3ccc(NC(=O)OCC4c5ccccc5-c5ccccc54)cc32)cc1. The molecule has 6 rings (SSSR count). The van der Waals surface area contributed by atoms with Crippen molar-refractivity contribution in [3.8, 4) is 16.9 Å². The van der Waals surface area contributed by atoms with Crippen molar-refractivity contribution in [2.24, 2.45) is 0 Å². The van der Waals surface area contributed by atoms with Gasteiger partial charge in [0.1, 0.15) is 12.4 Å². The topological polar surface area (TPSA) is 67.9 Å². The quantitative estimate of drug-likeness (QED) is 0.269. The Morgan fingerprint density at radius 3 is 2.10 bits per heavy atom. The molecule has 0 bridgehead atoms. The van der Waals surface area contributed by atoms with Crippen molar-refractivity contribution >= 4 is 23.4 Å². The molecule has 4 aromatic rings. The second kappa shape index (κ2) is 10.4. The smallest absolute Gasteiger partial charge is 0.411 e. The van der Waals surface area contributed by atoms with E-state index in [1.807, 2.05) is 59.5 Å². The van der Waals surface area contributed by atoms with E-state index >= 15 is 0 Å². The van der Waals surface area contributed by atoms with Gasteiger partial charge in [0, 0.05) is 35.2 Å². The van der Waals surface area contributed by atoms with Crippen molar-refractivity contribution in [1.82, 2.24) is 0 Å². The van der Waals surface area contributed by atoms with E-state index in [0.717, 1.165) is 22.6 Å². The second-order valence-electron chi connectivity index (χ2n) is 12.1. The molecular formula is C36H36N2O4. The molecule has 1 atom stereocenters. The number of hydrogen-bond donors (Lipinski definition) is 1. The van der Waals surface area contributed by atoms with Gasteiger partial charge < -0.3 is 14.4 Å². The molecule has 1 aliphatic heterocycles. The normalized spacial score (nSPS) is 18.5. The fourth-order valence-electron chi connectivity index (χ4n) is 7.18. The van der Waals surface area contributed by atoms with Crippen LogP contribution in [-0.2, 0) is 14.9 Å². The van der Waals surface area contributed by atoms with Crippen LogP contribution in [0.3, 0.4) is 0 Å². The van der Waals surface area contributed by atoms with Crippen LogP contribution in [0.2, 0.25) is 0 Å². The fourth-order valence-corrected chi connectivity index (χ4v) is 7.18. The molecule has 4 aromatic carbocycles. The number of methoxy groups -OCH3 is 1. The van der Waals surface area contributed by atoms with Gasteiger partial charge >= 0.3 is 6.09 Å². The van der Waals surface area contributed by atoms with Gasteiger partial charge in [-0.25, -0.2) is 4.79 Å². The van der Waals surface area contributed by atoms with Crippen LogP contribution in [0.1, 0.15) is 62.3 Å². The molecule has 2 aliphatic rings. The average molecular weight is 561 g/mol. The van der Waals surface area contributed by atoms with Crippen LogP contribution in [0, 0.1) is 0 Å². The number of benzene rings is 4. The van der Waals surface area contributed by atoms with Crippen molar-refractivity contribution in [3.05, 3.63) is 113 Å². The van der Waals surface area contributed by atoms with Gasteiger partial charge in [-0.1, -0.05) is 67.6 Å². The predicted octanol–water partition coefficient (Wildman–Crippen LogP) is 7.90. The molecule has 0 saturated heterocycles. The minimum atomic E-state index is -0.512. The Kier molecular flexibility index (Phi) is 6.80. The van der Waals surface area contributed by atoms with Gasteiger partial charge in [-0.05, 0) is 84.0 Å². The van der Waals surface area contributed by atoms with Crippen LogP contribution in [0.5, 0.6) is 5.75 Å². The summed E-state index contributed by atoms with van der Waals surface area (Å²) in [5.41, 5.74) is 7.41. The monoisotopic (exact) mass is 560 g/mol. The number of carbonyl (C=O) groups is 2. The summed E-state index contributed by atoms with van der Waals surface area (Å²) in [5.74, 6) is 0.750. The van der Waals surface area contributed by atoms with E-state index in [4.69, 9.17) is 9.47 Å². The molecule has 0 saturated carbocycles. The Morgan fingerprint density at radius 1 is 0.881 bits per heavy atom. The molecule has 1 heterocycles. The third-order valence-electron chi connectivity index (χ3n) is 8.86. The summed E-state index contributed by atoms with van der Waals surface area (Å²) in [6, 6.07) is 30.4. The van der Waals surface area contributed by atoms with Crippen molar-refractivity contribution < 1.29 is 19.1 Å². The third-order valence-corrected chi connectivity index (χ3v) is 8.86. The van der Waals surface area contributed by atoms with Crippen LogP contribution < -0.4 is 15.0 Å². The van der Waals surface area contributed by atoms with Gasteiger partial charge in [0.15, 0.2) is 0 Å². The van der Waals surface area contributed by atoms with Gasteiger partial charge in [-0.2, -0.15) is 0 Å². The van der Waals surface area contributed by atoms with Gasteiger partial charge in [0.05, 0.1) is 7.11 Å². The summed E-state index contributed by atoms with van der Waals surface area (Å²) in [7, 11) is 1.65. The number of hydrogen-bond acceptors (Lipinski definition) is 4. The maximum absolute atomic E-state index is 13.1. The molecule has 1 aliphatic carbocycles. The predicted molar refractivity (Wildman–Crippen MR) is 166 cm³/mol. The molecule has 214 valence electrons. The summed E-state index contributed by atoms with van der Waals surface area (Å²) >= 11 is 0. The van der Waals surface area contributed by atoms with E-state index in [9.17, 15) is 9.59 Å². The number of fused-ring (bicyclic) bond motifs is 4. The number of ether oxygens (including phenoxy) is 2. The first kappa shape index (κ1) is 27.6. The lowest BCUT2D eigenvalue weighted by molar-refractivity contribution is -0.117. The van der Waals surface area contributed by atoms with Crippen molar-refractivity contribution in [1.29, 1.82) is 0 Å². The Bertz CT molecular complexity index is 1630. The minimum absolute atomic E-state index is 0.0172.